The summed E-state index contributed by atoms with van der Waals surface area (Å²) in [5.74, 6) is -2.76. The summed E-state index contributed by atoms with van der Waals surface area (Å²) in [7, 11) is -3.14. The first kappa shape index (κ1) is 22.9. The van der Waals surface area contributed by atoms with Crippen LogP contribution in [0.1, 0.15) is 23.7 Å². The highest BCUT2D eigenvalue weighted by Gasteiger charge is 2.38. The number of aromatic nitrogens is 2. The number of hydrogen-bond acceptors (Lipinski definition) is 6. The fraction of sp³-hybridized carbons (Fsp3) is 0.500. The van der Waals surface area contributed by atoms with Crippen LogP contribution in [-0.2, 0) is 27.9 Å². The zero-order chi connectivity index (χ0) is 21.7. The van der Waals surface area contributed by atoms with Crippen LogP contribution in [0.25, 0.3) is 0 Å². The fourth-order valence-corrected chi connectivity index (χ4v) is 3.35. The van der Waals surface area contributed by atoms with Gasteiger partial charge in [-0.1, -0.05) is 0 Å². The van der Waals surface area contributed by atoms with E-state index in [1.165, 1.54) is 6.26 Å². The van der Waals surface area contributed by atoms with Crippen molar-refractivity contribution in [3.8, 4) is 0 Å². The number of sulfonamides is 1. The highest BCUT2D eigenvalue weighted by Crippen LogP contribution is 2.24. The van der Waals surface area contributed by atoms with E-state index in [1.54, 1.807) is 12.5 Å². The zero-order valence-electron chi connectivity index (χ0n) is 15.5. The quantitative estimate of drug-likeness (QED) is 0.704. The molecule has 0 fully saturated rings. The van der Waals surface area contributed by atoms with Crippen LogP contribution in [0, 0.1) is 0 Å². The van der Waals surface area contributed by atoms with Gasteiger partial charge in [0.1, 0.15) is 0 Å². The van der Waals surface area contributed by atoms with E-state index in [0.717, 1.165) is 37.3 Å². The third kappa shape index (κ3) is 7.51. The monoisotopic (exact) mass is 438 g/mol. The minimum Gasteiger partial charge on any atom is -0.475 e. The maximum Gasteiger partial charge on any atom is 0.490 e. The third-order valence-electron chi connectivity index (χ3n) is 4.06. The topological polar surface area (TPSA) is 118 Å². The van der Waals surface area contributed by atoms with Gasteiger partial charge in [0, 0.05) is 44.0 Å². The Morgan fingerprint density at radius 3 is 2.69 bits per heavy atom. The van der Waals surface area contributed by atoms with E-state index in [1.807, 2.05) is 18.6 Å². The van der Waals surface area contributed by atoms with Crippen molar-refractivity contribution in [3.63, 3.8) is 0 Å². The van der Waals surface area contributed by atoms with Crippen molar-refractivity contribution in [2.75, 3.05) is 19.3 Å². The van der Waals surface area contributed by atoms with Crippen molar-refractivity contribution < 1.29 is 35.9 Å². The molecule has 13 heteroatoms. The molecular weight excluding hydrogens is 417 g/mol. The number of imidazole rings is 1. The summed E-state index contributed by atoms with van der Waals surface area (Å²) in [4.78, 5) is 15.4. The first-order valence-electron chi connectivity index (χ1n) is 8.44. The van der Waals surface area contributed by atoms with Crippen LogP contribution >= 0.6 is 0 Å². The van der Waals surface area contributed by atoms with Crippen molar-refractivity contribution in [1.29, 1.82) is 0 Å². The average Bonchev–Trinajstić information content (AvgIpc) is 3.24. The van der Waals surface area contributed by atoms with Crippen LogP contribution in [0.3, 0.4) is 0 Å². The van der Waals surface area contributed by atoms with Gasteiger partial charge >= 0.3 is 12.1 Å². The maximum atomic E-state index is 11.2. The Bertz CT molecular complexity index is 896. The van der Waals surface area contributed by atoms with Crippen LogP contribution < -0.4 is 4.72 Å². The Balaban J connectivity index is 0.000000370. The lowest BCUT2D eigenvalue weighted by Crippen LogP contribution is -2.38. The van der Waals surface area contributed by atoms with Crippen molar-refractivity contribution in [2.45, 2.75) is 31.7 Å². The van der Waals surface area contributed by atoms with Gasteiger partial charge in [0.25, 0.3) is 0 Å². The van der Waals surface area contributed by atoms with E-state index >= 15 is 0 Å². The number of hydrogen-bond donors (Lipinski definition) is 2. The number of halogens is 3. The third-order valence-corrected chi connectivity index (χ3v) is 4.79. The van der Waals surface area contributed by atoms with Gasteiger partial charge in [0.2, 0.25) is 10.0 Å². The van der Waals surface area contributed by atoms with Gasteiger partial charge in [-0.3, -0.25) is 4.90 Å². The lowest BCUT2D eigenvalue weighted by molar-refractivity contribution is -0.192. The van der Waals surface area contributed by atoms with E-state index in [2.05, 4.69) is 19.2 Å². The number of aliphatic carboxylic acids is 1. The Kier molecular flexibility index (Phi) is 7.43. The SMILES string of the molecule is CS(=O)(=O)NCCC1CN(Cc2ccoc2)Cc2cncn21.O=C(O)C(F)(F)F. The summed E-state index contributed by atoms with van der Waals surface area (Å²) in [6.45, 7) is 2.94. The molecule has 1 aliphatic rings. The highest BCUT2D eigenvalue weighted by atomic mass is 32.2. The molecular formula is C16H21F3N4O5S. The maximum absolute atomic E-state index is 11.2. The standard InChI is InChI=1S/C14H20N4O3S.C2HF3O2/c1-22(19,20)16-4-2-13-8-17(7-12-3-5-21-10-12)9-14-6-15-11-18(13)14;3-2(4,5)1(6)7/h3,5-6,10-11,13,16H,2,4,7-9H2,1H3;(H,6,7). The molecule has 0 saturated heterocycles. The molecule has 0 aliphatic carbocycles. The van der Waals surface area contributed by atoms with Gasteiger partial charge in [-0.25, -0.2) is 22.9 Å². The molecule has 0 radical (unpaired) electrons. The molecule has 0 amide bonds. The van der Waals surface area contributed by atoms with Crippen LogP contribution in [-0.4, -0.2) is 59.5 Å². The number of fused-ring (bicyclic) bond motifs is 1. The van der Waals surface area contributed by atoms with E-state index in [4.69, 9.17) is 14.3 Å². The molecule has 9 nitrogen and oxygen atoms in total. The van der Waals surface area contributed by atoms with Gasteiger partial charge < -0.3 is 14.1 Å². The average molecular weight is 438 g/mol. The largest absolute Gasteiger partial charge is 0.490 e. The van der Waals surface area contributed by atoms with Crippen molar-refractivity contribution in [2.24, 2.45) is 0 Å². The van der Waals surface area contributed by atoms with Gasteiger partial charge in [-0.2, -0.15) is 13.2 Å². The van der Waals surface area contributed by atoms with Crippen molar-refractivity contribution in [1.82, 2.24) is 19.2 Å². The molecule has 0 aromatic carbocycles. The second-order valence-corrected chi connectivity index (χ2v) is 8.34. The fourth-order valence-electron chi connectivity index (χ4n) is 2.87. The molecule has 0 spiro atoms. The number of nitrogens with one attached hydrogen (secondary N) is 1. The lowest BCUT2D eigenvalue weighted by Gasteiger charge is -2.34. The molecule has 1 atom stereocenters. The number of carbonyl (C=O) groups is 1. The molecule has 0 bridgehead atoms. The predicted octanol–water partition coefficient (Wildman–Crippen LogP) is 1.61. The Morgan fingerprint density at radius 1 is 1.45 bits per heavy atom. The summed E-state index contributed by atoms with van der Waals surface area (Å²) in [5, 5.41) is 7.12. The number of furan rings is 1. The molecule has 29 heavy (non-hydrogen) atoms. The lowest BCUT2D eigenvalue weighted by atomic mass is 10.1. The molecule has 162 valence electrons. The second-order valence-electron chi connectivity index (χ2n) is 6.51. The van der Waals surface area contributed by atoms with Crippen molar-refractivity contribution >= 4 is 16.0 Å². The summed E-state index contributed by atoms with van der Waals surface area (Å²) in [6, 6.07) is 2.18. The van der Waals surface area contributed by atoms with Gasteiger partial charge in [0.15, 0.2) is 0 Å². The van der Waals surface area contributed by atoms with E-state index in [0.29, 0.717) is 6.54 Å². The predicted molar refractivity (Wildman–Crippen MR) is 95.2 cm³/mol. The van der Waals surface area contributed by atoms with Crippen LogP contribution in [0.5, 0.6) is 0 Å². The van der Waals surface area contributed by atoms with E-state index in [-0.39, 0.29) is 6.04 Å². The Morgan fingerprint density at radius 2 is 2.14 bits per heavy atom. The zero-order valence-corrected chi connectivity index (χ0v) is 16.3. The summed E-state index contributed by atoms with van der Waals surface area (Å²) >= 11 is 0. The normalized spacial score (nSPS) is 17.3. The molecule has 2 aromatic rings. The van der Waals surface area contributed by atoms with Crippen LogP contribution in [0.4, 0.5) is 13.2 Å². The number of rotatable bonds is 6. The van der Waals surface area contributed by atoms with Gasteiger partial charge in [0.05, 0.1) is 30.8 Å². The Labute approximate surface area is 165 Å². The molecule has 3 heterocycles. The van der Waals surface area contributed by atoms with Crippen LogP contribution in [0.2, 0.25) is 0 Å². The van der Waals surface area contributed by atoms with E-state index in [9.17, 15) is 21.6 Å². The number of alkyl halides is 3. The Hall–Kier alpha value is -2.38. The molecule has 0 saturated carbocycles. The number of carboxylic acids is 1. The summed E-state index contributed by atoms with van der Waals surface area (Å²) in [6.07, 6.45) is 3.97. The highest BCUT2D eigenvalue weighted by molar-refractivity contribution is 7.88. The first-order chi connectivity index (χ1) is 13.5. The van der Waals surface area contributed by atoms with Crippen LogP contribution in [0.15, 0.2) is 35.5 Å². The molecule has 2 aromatic heterocycles. The molecule has 1 aliphatic heterocycles. The summed E-state index contributed by atoms with van der Waals surface area (Å²) in [5.41, 5.74) is 2.29. The van der Waals surface area contributed by atoms with Gasteiger partial charge in [-0.05, 0) is 12.5 Å². The molecule has 1 unspecified atom stereocenters. The molecule has 2 N–H and O–H groups in total. The molecule has 3 rings (SSSR count). The minimum atomic E-state index is -5.08. The van der Waals surface area contributed by atoms with Gasteiger partial charge in [-0.15, -0.1) is 0 Å². The minimum absolute atomic E-state index is 0.215. The second kappa shape index (κ2) is 9.41. The first-order valence-corrected chi connectivity index (χ1v) is 10.3. The van der Waals surface area contributed by atoms with E-state index < -0.39 is 22.2 Å². The number of nitrogens with zero attached hydrogens (tertiary/aromatic N) is 3. The van der Waals surface area contributed by atoms with Crippen molar-refractivity contribution in [3.05, 3.63) is 42.4 Å². The summed E-state index contributed by atoms with van der Waals surface area (Å²) < 4.78 is 63.9. The smallest absolute Gasteiger partial charge is 0.475 e. The number of carboxylic acid groups (broad SMARTS) is 1.